The van der Waals surface area contributed by atoms with Gasteiger partial charge in [-0.1, -0.05) is 0 Å². The van der Waals surface area contributed by atoms with Gasteiger partial charge in [-0.25, -0.2) is 4.79 Å². The summed E-state index contributed by atoms with van der Waals surface area (Å²) in [5.41, 5.74) is 0. The van der Waals surface area contributed by atoms with Crippen LogP contribution in [0.25, 0.3) is 0 Å². The van der Waals surface area contributed by atoms with E-state index in [2.05, 4.69) is 0 Å². The van der Waals surface area contributed by atoms with Crippen LogP contribution < -0.4 is 4.74 Å². The first kappa shape index (κ1) is 14.7. The first-order chi connectivity index (χ1) is 9.40. The van der Waals surface area contributed by atoms with Gasteiger partial charge in [0.2, 0.25) is 0 Å². The molecule has 1 aliphatic rings. The van der Waals surface area contributed by atoms with Gasteiger partial charge in [0.05, 0.1) is 0 Å². The van der Waals surface area contributed by atoms with E-state index in [1.54, 1.807) is 0 Å². The zero-order valence-corrected chi connectivity index (χ0v) is 10.2. The molecule has 1 fully saturated rings. The van der Waals surface area contributed by atoms with Gasteiger partial charge in [-0.05, 0) is 24.3 Å². The van der Waals surface area contributed by atoms with E-state index in [0.29, 0.717) is 0 Å². The number of benzene rings is 1. The van der Waals surface area contributed by atoms with E-state index in [4.69, 9.17) is 14.6 Å². The summed E-state index contributed by atoms with van der Waals surface area (Å²) >= 11 is 0. The second-order valence-electron chi connectivity index (χ2n) is 4.33. The predicted molar refractivity (Wildman–Crippen MR) is 62.6 cm³/mol. The van der Waals surface area contributed by atoms with Crippen LogP contribution in [0.5, 0.6) is 11.5 Å². The molecule has 0 saturated carbocycles. The first-order valence-electron chi connectivity index (χ1n) is 5.78. The van der Waals surface area contributed by atoms with Gasteiger partial charge in [-0.3, -0.25) is 0 Å². The van der Waals surface area contributed by atoms with Crippen molar-refractivity contribution in [2.45, 2.75) is 30.7 Å². The Morgan fingerprint density at radius 2 is 1.60 bits per heavy atom. The summed E-state index contributed by atoms with van der Waals surface area (Å²) in [6.45, 7) is 0. The van der Waals surface area contributed by atoms with Crippen LogP contribution >= 0.6 is 0 Å². The smallest absolute Gasteiger partial charge is 0.343 e. The summed E-state index contributed by atoms with van der Waals surface area (Å²) < 4.78 is 9.58. The van der Waals surface area contributed by atoms with Crippen LogP contribution in [-0.4, -0.2) is 62.2 Å². The summed E-state index contributed by atoms with van der Waals surface area (Å²) in [6.07, 6.45) is -8.65. The average Bonchev–Trinajstić information content (AvgIpc) is 2.43. The lowest BCUT2D eigenvalue weighted by atomic mass is 9.99. The molecule has 1 aliphatic heterocycles. The van der Waals surface area contributed by atoms with E-state index < -0.39 is 36.7 Å². The van der Waals surface area contributed by atoms with Gasteiger partial charge in [0.15, 0.2) is 12.4 Å². The van der Waals surface area contributed by atoms with E-state index >= 15 is 0 Å². The van der Waals surface area contributed by atoms with E-state index in [1.165, 1.54) is 24.3 Å². The fourth-order valence-electron chi connectivity index (χ4n) is 1.74. The molecule has 0 amide bonds. The first-order valence-corrected chi connectivity index (χ1v) is 5.78. The van der Waals surface area contributed by atoms with Crippen molar-refractivity contribution in [3.8, 4) is 11.5 Å². The largest absolute Gasteiger partial charge is 0.508 e. The standard InChI is InChI=1S/C12H14O8/c13-5-1-3-6(4-2-5)19-12(18)10-8(15)7(14)9(16)11(17)20-10/h1-4,7-11,13-17H/t7-,8+,9+,10-,11+/m1/s1. The number of phenolic OH excluding ortho intramolecular Hbond substituents is 1. The van der Waals surface area contributed by atoms with Crippen molar-refractivity contribution in [2.24, 2.45) is 0 Å². The minimum atomic E-state index is -1.81. The van der Waals surface area contributed by atoms with Crippen molar-refractivity contribution in [2.75, 3.05) is 0 Å². The Balaban J connectivity index is 2.06. The number of esters is 1. The molecule has 0 aromatic heterocycles. The summed E-state index contributed by atoms with van der Waals surface area (Å²) in [5.74, 6) is -0.986. The van der Waals surface area contributed by atoms with Crippen LogP contribution in [0.15, 0.2) is 24.3 Å². The van der Waals surface area contributed by atoms with Gasteiger partial charge in [0, 0.05) is 0 Å². The molecule has 1 heterocycles. The van der Waals surface area contributed by atoms with Gasteiger partial charge in [0.1, 0.15) is 29.8 Å². The summed E-state index contributed by atoms with van der Waals surface area (Å²) in [7, 11) is 0. The average molecular weight is 286 g/mol. The molecule has 0 bridgehead atoms. The van der Waals surface area contributed by atoms with Crippen molar-refractivity contribution in [3.63, 3.8) is 0 Å². The molecule has 1 saturated heterocycles. The highest BCUT2D eigenvalue weighted by Crippen LogP contribution is 2.22. The van der Waals surface area contributed by atoms with E-state index in [1.807, 2.05) is 0 Å². The van der Waals surface area contributed by atoms with Gasteiger partial charge >= 0.3 is 5.97 Å². The molecule has 0 aliphatic carbocycles. The number of aliphatic hydroxyl groups is 4. The van der Waals surface area contributed by atoms with Gasteiger partial charge in [-0.2, -0.15) is 0 Å². The number of carbonyl (C=O) groups excluding carboxylic acids is 1. The van der Waals surface area contributed by atoms with Gasteiger partial charge < -0.3 is 35.0 Å². The minimum absolute atomic E-state index is 0.0206. The molecule has 2 rings (SSSR count). The zero-order chi connectivity index (χ0) is 14.9. The van der Waals surface area contributed by atoms with Crippen LogP contribution in [0.3, 0.4) is 0 Å². The minimum Gasteiger partial charge on any atom is -0.508 e. The number of aliphatic hydroxyl groups excluding tert-OH is 4. The second kappa shape index (κ2) is 5.73. The molecule has 8 nitrogen and oxygen atoms in total. The molecule has 1 aromatic rings. The van der Waals surface area contributed by atoms with Crippen molar-refractivity contribution in [3.05, 3.63) is 24.3 Å². The van der Waals surface area contributed by atoms with Crippen molar-refractivity contribution in [1.82, 2.24) is 0 Å². The van der Waals surface area contributed by atoms with E-state index in [0.717, 1.165) is 0 Å². The van der Waals surface area contributed by atoms with Crippen LogP contribution in [0.2, 0.25) is 0 Å². The van der Waals surface area contributed by atoms with E-state index in [-0.39, 0.29) is 11.5 Å². The Morgan fingerprint density at radius 1 is 1.00 bits per heavy atom. The Morgan fingerprint density at radius 3 is 2.20 bits per heavy atom. The van der Waals surface area contributed by atoms with Crippen LogP contribution in [0.1, 0.15) is 0 Å². The molecule has 0 unspecified atom stereocenters. The third-order valence-electron chi connectivity index (χ3n) is 2.88. The normalized spacial score (nSPS) is 33.7. The van der Waals surface area contributed by atoms with Crippen LogP contribution in [0.4, 0.5) is 0 Å². The summed E-state index contributed by atoms with van der Waals surface area (Å²) in [4.78, 5) is 11.8. The summed E-state index contributed by atoms with van der Waals surface area (Å²) in [6, 6.07) is 5.19. The number of hydrogen-bond acceptors (Lipinski definition) is 8. The number of rotatable bonds is 2. The number of phenols is 1. The van der Waals surface area contributed by atoms with Crippen molar-refractivity contribution < 1.29 is 39.8 Å². The molecular formula is C12H14O8. The number of hydrogen-bond donors (Lipinski definition) is 5. The number of aromatic hydroxyl groups is 1. The fraction of sp³-hybridized carbons (Fsp3) is 0.417. The van der Waals surface area contributed by atoms with Crippen molar-refractivity contribution >= 4 is 5.97 Å². The zero-order valence-electron chi connectivity index (χ0n) is 10.2. The highest BCUT2D eigenvalue weighted by Gasteiger charge is 2.47. The third-order valence-corrected chi connectivity index (χ3v) is 2.88. The van der Waals surface area contributed by atoms with E-state index in [9.17, 15) is 25.2 Å². The molecular weight excluding hydrogens is 272 g/mol. The maximum atomic E-state index is 11.8. The maximum absolute atomic E-state index is 11.8. The molecule has 110 valence electrons. The molecule has 1 aromatic carbocycles. The van der Waals surface area contributed by atoms with Crippen molar-refractivity contribution in [1.29, 1.82) is 0 Å². The molecule has 0 spiro atoms. The maximum Gasteiger partial charge on any atom is 0.343 e. The SMILES string of the molecule is O=C(Oc1ccc(O)cc1)[C@@H]1O[C@H](O)[C@@H](O)[C@H](O)[C@@H]1O. The topological polar surface area (TPSA) is 137 Å². The Kier molecular flexibility index (Phi) is 4.21. The highest BCUT2D eigenvalue weighted by atomic mass is 16.7. The molecule has 5 atom stereocenters. The Bertz CT molecular complexity index is 473. The van der Waals surface area contributed by atoms with Crippen LogP contribution in [0, 0.1) is 0 Å². The van der Waals surface area contributed by atoms with Gasteiger partial charge in [-0.15, -0.1) is 0 Å². The lowest BCUT2D eigenvalue weighted by Crippen LogP contribution is -2.60. The molecule has 5 N–H and O–H groups in total. The van der Waals surface area contributed by atoms with Gasteiger partial charge in [0.25, 0.3) is 0 Å². The summed E-state index contributed by atoms with van der Waals surface area (Å²) in [5, 5.41) is 46.7. The fourth-order valence-corrected chi connectivity index (χ4v) is 1.74. The predicted octanol–water partition coefficient (Wildman–Crippen LogP) is -1.90. The Labute approximate surface area is 113 Å². The quantitative estimate of drug-likeness (QED) is 0.314. The lowest BCUT2D eigenvalue weighted by molar-refractivity contribution is -0.279. The number of ether oxygens (including phenoxy) is 2. The Hall–Kier alpha value is -1.71. The molecule has 8 heteroatoms. The van der Waals surface area contributed by atoms with Crippen LogP contribution in [-0.2, 0) is 9.53 Å². The number of carbonyl (C=O) groups is 1. The second-order valence-corrected chi connectivity index (χ2v) is 4.33. The monoisotopic (exact) mass is 286 g/mol. The molecule has 0 radical (unpaired) electrons. The lowest BCUT2D eigenvalue weighted by Gasteiger charge is -2.36. The third kappa shape index (κ3) is 2.89. The highest BCUT2D eigenvalue weighted by molar-refractivity contribution is 5.78. The molecule has 20 heavy (non-hydrogen) atoms.